The van der Waals surface area contributed by atoms with Gasteiger partial charge in [0, 0.05) is 24.7 Å². The SMILES string of the molecule is CC(c1ccccc1O)N1CC(CC(=O)O)C1. The first-order valence-electron chi connectivity index (χ1n) is 5.81. The van der Waals surface area contributed by atoms with E-state index in [-0.39, 0.29) is 18.4 Å². The van der Waals surface area contributed by atoms with Gasteiger partial charge in [0.1, 0.15) is 5.75 Å². The molecule has 1 aromatic rings. The Morgan fingerprint density at radius 3 is 2.71 bits per heavy atom. The van der Waals surface area contributed by atoms with E-state index in [0.717, 1.165) is 18.7 Å². The zero-order valence-electron chi connectivity index (χ0n) is 9.84. The molecule has 1 saturated heterocycles. The van der Waals surface area contributed by atoms with Crippen LogP contribution in [0.25, 0.3) is 0 Å². The van der Waals surface area contributed by atoms with E-state index in [2.05, 4.69) is 4.90 Å². The minimum absolute atomic E-state index is 0.140. The molecule has 0 bridgehead atoms. The smallest absolute Gasteiger partial charge is 0.303 e. The van der Waals surface area contributed by atoms with Crippen LogP contribution < -0.4 is 0 Å². The number of aromatic hydroxyl groups is 1. The lowest BCUT2D eigenvalue weighted by molar-refractivity contribution is -0.139. The average molecular weight is 235 g/mol. The van der Waals surface area contributed by atoms with Gasteiger partial charge in [-0.2, -0.15) is 0 Å². The van der Waals surface area contributed by atoms with Crippen molar-refractivity contribution in [3.63, 3.8) is 0 Å². The summed E-state index contributed by atoms with van der Waals surface area (Å²) in [6, 6.07) is 7.43. The molecule has 0 aliphatic carbocycles. The molecule has 1 aliphatic rings. The van der Waals surface area contributed by atoms with Gasteiger partial charge in [-0.05, 0) is 18.9 Å². The van der Waals surface area contributed by atoms with Crippen molar-refractivity contribution in [3.8, 4) is 5.75 Å². The van der Waals surface area contributed by atoms with Crippen molar-refractivity contribution in [2.75, 3.05) is 13.1 Å². The van der Waals surface area contributed by atoms with Gasteiger partial charge in [0.2, 0.25) is 0 Å². The molecule has 0 aromatic heterocycles. The van der Waals surface area contributed by atoms with E-state index in [1.165, 1.54) is 0 Å². The summed E-state index contributed by atoms with van der Waals surface area (Å²) in [7, 11) is 0. The molecular weight excluding hydrogens is 218 g/mol. The van der Waals surface area contributed by atoms with Crippen molar-refractivity contribution in [1.29, 1.82) is 0 Å². The molecular formula is C13H17NO3. The van der Waals surface area contributed by atoms with E-state index in [1.54, 1.807) is 12.1 Å². The number of aliphatic carboxylic acids is 1. The van der Waals surface area contributed by atoms with Crippen molar-refractivity contribution < 1.29 is 15.0 Å². The first kappa shape index (κ1) is 11.9. The highest BCUT2D eigenvalue weighted by Crippen LogP contribution is 2.33. The highest BCUT2D eigenvalue weighted by Gasteiger charge is 2.32. The number of phenols is 1. The topological polar surface area (TPSA) is 60.8 Å². The molecule has 4 nitrogen and oxygen atoms in total. The highest BCUT2D eigenvalue weighted by molar-refractivity contribution is 5.67. The largest absolute Gasteiger partial charge is 0.508 e. The van der Waals surface area contributed by atoms with Gasteiger partial charge in [-0.25, -0.2) is 0 Å². The summed E-state index contributed by atoms with van der Waals surface area (Å²) in [5.74, 6) is -0.174. The molecule has 1 aromatic carbocycles. The number of hydrogen-bond donors (Lipinski definition) is 2. The van der Waals surface area contributed by atoms with E-state index >= 15 is 0 Å². The minimum atomic E-state index is -0.732. The van der Waals surface area contributed by atoms with Crippen LogP contribution in [0.4, 0.5) is 0 Å². The number of para-hydroxylation sites is 1. The molecule has 0 amide bonds. The van der Waals surface area contributed by atoms with Gasteiger partial charge >= 0.3 is 5.97 Å². The Bertz CT molecular complexity index is 413. The number of likely N-dealkylation sites (tertiary alicyclic amines) is 1. The van der Waals surface area contributed by atoms with Gasteiger partial charge in [0.25, 0.3) is 0 Å². The van der Waals surface area contributed by atoms with Crippen LogP contribution in [0.5, 0.6) is 5.75 Å². The third kappa shape index (κ3) is 2.58. The van der Waals surface area contributed by atoms with Crippen molar-refractivity contribution in [1.82, 2.24) is 4.90 Å². The fourth-order valence-corrected chi connectivity index (χ4v) is 2.34. The van der Waals surface area contributed by atoms with E-state index in [0.29, 0.717) is 5.75 Å². The fourth-order valence-electron chi connectivity index (χ4n) is 2.34. The third-order valence-electron chi connectivity index (χ3n) is 3.38. The van der Waals surface area contributed by atoms with Crippen LogP contribution in [0.15, 0.2) is 24.3 Å². The molecule has 0 spiro atoms. The highest BCUT2D eigenvalue weighted by atomic mass is 16.4. The summed E-state index contributed by atoms with van der Waals surface area (Å²) in [6.45, 7) is 3.62. The van der Waals surface area contributed by atoms with Crippen LogP contribution in [-0.2, 0) is 4.79 Å². The van der Waals surface area contributed by atoms with Gasteiger partial charge in [0.15, 0.2) is 0 Å². The van der Waals surface area contributed by atoms with Crippen molar-refractivity contribution in [3.05, 3.63) is 29.8 Å². The number of carboxylic acid groups (broad SMARTS) is 1. The summed E-state index contributed by atoms with van der Waals surface area (Å²) in [5, 5.41) is 18.4. The molecule has 1 heterocycles. The molecule has 92 valence electrons. The van der Waals surface area contributed by atoms with Gasteiger partial charge < -0.3 is 10.2 Å². The van der Waals surface area contributed by atoms with E-state index < -0.39 is 5.97 Å². The summed E-state index contributed by atoms with van der Waals surface area (Å²) in [5.41, 5.74) is 0.904. The molecule has 4 heteroatoms. The third-order valence-corrected chi connectivity index (χ3v) is 3.38. The number of nitrogens with zero attached hydrogens (tertiary/aromatic N) is 1. The predicted octanol–water partition coefficient (Wildman–Crippen LogP) is 1.86. The van der Waals surface area contributed by atoms with Crippen LogP contribution in [-0.4, -0.2) is 34.2 Å². The van der Waals surface area contributed by atoms with Crippen LogP contribution in [0, 0.1) is 5.92 Å². The number of rotatable bonds is 4. The zero-order valence-corrected chi connectivity index (χ0v) is 9.84. The molecule has 1 aliphatic heterocycles. The van der Waals surface area contributed by atoms with Crippen LogP contribution in [0.1, 0.15) is 24.9 Å². The molecule has 0 saturated carbocycles. The van der Waals surface area contributed by atoms with E-state index in [4.69, 9.17) is 5.11 Å². The molecule has 2 N–H and O–H groups in total. The number of carbonyl (C=O) groups is 1. The molecule has 1 unspecified atom stereocenters. The Morgan fingerprint density at radius 2 is 2.12 bits per heavy atom. The lowest BCUT2D eigenvalue weighted by Gasteiger charge is -2.43. The van der Waals surface area contributed by atoms with Crippen LogP contribution in [0.2, 0.25) is 0 Å². The molecule has 17 heavy (non-hydrogen) atoms. The Balaban J connectivity index is 1.93. The Labute approximate surface area is 100 Å². The molecule has 0 radical (unpaired) electrons. The lowest BCUT2D eigenvalue weighted by atomic mass is 9.92. The maximum absolute atomic E-state index is 10.5. The second kappa shape index (κ2) is 4.75. The summed E-state index contributed by atoms with van der Waals surface area (Å²) >= 11 is 0. The number of hydrogen-bond acceptors (Lipinski definition) is 3. The van der Waals surface area contributed by atoms with Gasteiger partial charge in [-0.15, -0.1) is 0 Å². The fraction of sp³-hybridized carbons (Fsp3) is 0.462. The minimum Gasteiger partial charge on any atom is -0.508 e. The van der Waals surface area contributed by atoms with Gasteiger partial charge in [0.05, 0.1) is 6.42 Å². The molecule has 1 fully saturated rings. The van der Waals surface area contributed by atoms with Crippen molar-refractivity contribution >= 4 is 5.97 Å². The van der Waals surface area contributed by atoms with Gasteiger partial charge in [-0.3, -0.25) is 9.69 Å². The number of carboxylic acids is 1. The first-order valence-corrected chi connectivity index (χ1v) is 5.81. The Hall–Kier alpha value is -1.55. The number of phenolic OH excluding ortho intramolecular Hbond substituents is 1. The van der Waals surface area contributed by atoms with Crippen molar-refractivity contribution in [2.45, 2.75) is 19.4 Å². The zero-order chi connectivity index (χ0) is 12.4. The summed E-state index contributed by atoms with van der Waals surface area (Å²) < 4.78 is 0. The van der Waals surface area contributed by atoms with Crippen molar-refractivity contribution in [2.24, 2.45) is 5.92 Å². The van der Waals surface area contributed by atoms with Crippen LogP contribution >= 0.6 is 0 Å². The maximum Gasteiger partial charge on any atom is 0.303 e. The normalized spacial score (nSPS) is 18.6. The quantitative estimate of drug-likeness (QED) is 0.836. The Kier molecular flexibility index (Phi) is 3.33. The van der Waals surface area contributed by atoms with E-state index in [1.807, 2.05) is 19.1 Å². The van der Waals surface area contributed by atoms with Crippen LogP contribution in [0.3, 0.4) is 0 Å². The molecule has 2 rings (SSSR count). The predicted molar refractivity (Wildman–Crippen MR) is 63.8 cm³/mol. The maximum atomic E-state index is 10.5. The van der Waals surface area contributed by atoms with E-state index in [9.17, 15) is 9.90 Å². The Morgan fingerprint density at radius 1 is 1.47 bits per heavy atom. The monoisotopic (exact) mass is 235 g/mol. The number of benzene rings is 1. The standard InChI is InChI=1S/C13H17NO3/c1-9(11-4-2-3-5-12(11)15)14-7-10(8-14)6-13(16)17/h2-5,9-10,15H,6-8H2,1H3,(H,16,17). The summed E-state index contributed by atoms with van der Waals surface area (Å²) in [6.07, 6.45) is 0.240. The molecule has 1 atom stereocenters. The van der Waals surface area contributed by atoms with Gasteiger partial charge in [-0.1, -0.05) is 18.2 Å². The lowest BCUT2D eigenvalue weighted by Crippen LogP contribution is -2.48. The average Bonchev–Trinajstić information content (AvgIpc) is 2.22. The second-order valence-corrected chi connectivity index (χ2v) is 4.65. The first-order chi connectivity index (χ1) is 8.08. The summed E-state index contributed by atoms with van der Waals surface area (Å²) in [4.78, 5) is 12.7. The second-order valence-electron chi connectivity index (χ2n) is 4.65.